The summed E-state index contributed by atoms with van der Waals surface area (Å²) in [5, 5.41) is 3.80. The highest BCUT2D eigenvalue weighted by Crippen LogP contribution is 2.31. The first kappa shape index (κ1) is 14.4. The van der Waals surface area contributed by atoms with Gasteiger partial charge in [-0.25, -0.2) is 0 Å². The van der Waals surface area contributed by atoms with Crippen molar-refractivity contribution in [1.29, 1.82) is 0 Å². The average Bonchev–Trinajstić information content (AvgIpc) is 2.41. The second-order valence-electron chi connectivity index (χ2n) is 6.13. The number of ether oxygens (including phenoxy) is 1. The number of hydrogen-bond acceptors (Lipinski definition) is 2. The van der Waals surface area contributed by atoms with Gasteiger partial charge in [-0.1, -0.05) is 32.0 Å². The van der Waals surface area contributed by atoms with E-state index in [1.807, 2.05) is 12.1 Å². The summed E-state index contributed by atoms with van der Waals surface area (Å²) in [6.07, 6.45) is 3.98. The largest absolute Gasteiger partial charge is 0.496 e. The second kappa shape index (κ2) is 6.42. The molecule has 2 heteroatoms. The molecule has 0 radical (unpaired) electrons. The minimum atomic E-state index is 0.344. The van der Waals surface area contributed by atoms with E-state index in [4.69, 9.17) is 4.74 Å². The molecule has 2 nitrogen and oxygen atoms in total. The third kappa shape index (κ3) is 3.50. The minimum absolute atomic E-state index is 0.344. The van der Waals surface area contributed by atoms with Crippen LogP contribution in [0.2, 0.25) is 0 Å². The van der Waals surface area contributed by atoms with Gasteiger partial charge >= 0.3 is 0 Å². The molecule has 1 N–H and O–H groups in total. The van der Waals surface area contributed by atoms with Crippen LogP contribution in [0.3, 0.4) is 0 Å². The molecule has 0 heterocycles. The van der Waals surface area contributed by atoms with Crippen LogP contribution in [0.1, 0.15) is 51.6 Å². The Morgan fingerprint density at radius 1 is 1.21 bits per heavy atom. The van der Waals surface area contributed by atoms with Gasteiger partial charge < -0.3 is 10.1 Å². The summed E-state index contributed by atoms with van der Waals surface area (Å²) in [5.41, 5.74) is 1.26. The Labute approximate surface area is 117 Å². The van der Waals surface area contributed by atoms with Gasteiger partial charge in [0.1, 0.15) is 5.75 Å². The molecule has 1 aliphatic carbocycles. The van der Waals surface area contributed by atoms with Gasteiger partial charge in [0.2, 0.25) is 0 Å². The molecule has 2 rings (SSSR count). The maximum Gasteiger partial charge on any atom is 0.123 e. The van der Waals surface area contributed by atoms with Crippen molar-refractivity contribution in [3.63, 3.8) is 0 Å². The molecule has 4 atom stereocenters. The smallest absolute Gasteiger partial charge is 0.123 e. The molecule has 1 fully saturated rings. The summed E-state index contributed by atoms with van der Waals surface area (Å²) < 4.78 is 5.46. The third-order valence-corrected chi connectivity index (χ3v) is 4.50. The highest BCUT2D eigenvalue weighted by molar-refractivity contribution is 5.35. The van der Waals surface area contributed by atoms with Gasteiger partial charge in [0.15, 0.2) is 0 Å². The van der Waals surface area contributed by atoms with E-state index in [1.54, 1.807) is 7.11 Å². The SMILES string of the molecule is COc1ccccc1[C@H](C)NC1CCC(C)CC1C. The summed E-state index contributed by atoms with van der Waals surface area (Å²) >= 11 is 0. The number of nitrogens with one attached hydrogen (secondary N) is 1. The summed E-state index contributed by atoms with van der Waals surface area (Å²) in [4.78, 5) is 0. The summed E-state index contributed by atoms with van der Waals surface area (Å²) in [6.45, 7) is 6.99. The Bertz CT molecular complexity index is 404. The zero-order valence-electron chi connectivity index (χ0n) is 12.6. The third-order valence-electron chi connectivity index (χ3n) is 4.50. The molecule has 0 amide bonds. The van der Waals surface area contributed by atoms with E-state index in [2.05, 4.69) is 38.2 Å². The Balaban J connectivity index is 2.02. The van der Waals surface area contributed by atoms with Crippen molar-refractivity contribution < 1.29 is 4.74 Å². The van der Waals surface area contributed by atoms with Gasteiger partial charge in [0.25, 0.3) is 0 Å². The quantitative estimate of drug-likeness (QED) is 0.878. The van der Waals surface area contributed by atoms with Crippen molar-refractivity contribution in [2.75, 3.05) is 7.11 Å². The first-order valence-corrected chi connectivity index (χ1v) is 7.50. The van der Waals surface area contributed by atoms with Gasteiger partial charge in [-0.3, -0.25) is 0 Å². The lowest BCUT2D eigenvalue weighted by Gasteiger charge is -2.35. The van der Waals surface area contributed by atoms with Crippen molar-refractivity contribution in [2.45, 2.75) is 52.1 Å². The normalized spacial score (nSPS) is 28.9. The fourth-order valence-corrected chi connectivity index (χ4v) is 3.35. The summed E-state index contributed by atoms with van der Waals surface area (Å²) in [7, 11) is 1.75. The van der Waals surface area contributed by atoms with Crippen molar-refractivity contribution >= 4 is 0 Å². The van der Waals surface area contributed by atoms with Crippen molar-refractivity contribution in [3.05, 3.63) is 29.8 Å². The molecule has 0 aromatic heterocycles. The average molecular weight is 261 g/mol. The van der Waals surface area contributed by atoms with E-state index >= 15 is 0 Å². The van der Waals surface area contributed by atoms with Crippen LogP contribution in [-0.2, 0) is 0 Å². The molecule has 1 aromatic rings. The van der Waals surface area contributed by atoms with Gasteiger partial charge in [0, 0.05) is 17.6 Å². The summed E-state index contributed by atoms with van der Waals surface area (Å²) in [6, 6.07) is 9.29. The van der Waals surface area contributed by atoms with Gasteiger partial charge in [-0.2, -0.15) is 0 Å². The minimum Gasteiger partial charge on any atom is -0.496 e. The number of hydrogen-bond donors (Lipinski definition) is 1. The van der Waals surface area contributed by atoms with Crippen LogP contribution in [-0.4, -0.2) is 13.2 Å². The predicted molar refractivity (Wildman–Crippen MR) is 80.5 cm³/mol. The Morgan fingerprint density at radius 2 is 1.95 bits per heavy atom. The lowest BCUT2D eigenvalue weighted by Crippen LogP contribution is -2.40. The molecule has 1 saturated carbocycles. The molecule has 19 heavy (non-hydrogen) atoms. The number of methoxy groups -OCH3 is 1. The Morgan fingerprint density at radius 3 is 2.63 bits per heavy atom. The molecular formula is C17H27NO. The van der Waals surface area contributed by atoms with Crippen LogP contribution in [0.25, 0.3) is 0 Å². The monoisotopic (exact) mass is 261 g/mol. The Hall–Kier alpha value is -1.02. The van der Waals surface area contributed by atoms with Crippen LogP contribution < -0.4 is 10.1 Å². The molecule has 106 valence electrons. The second-order valence-corrected chi connectivity index (χ2v) is 6.13. The van der Waals surface area contributed by atoms with Crippen LogP contribution >= 0.6 is 0 Å². The fraction of sp³-hybridized carbons (Fsp3) is 0.647. The highest BCUT2D eigenvalue weighted by atomic mass is 16.5. The molecule has 1 aliphatic rings. The lowest BCUT2D eigenvalue weighted by molar-refractivity contribution is 0.215. The van der Waals surface area contributed by atoms with Gasteiger partial charge in [0.05, 0.1) is 7.11 Å². The van der Waals surface area contributed by atoms with E-state index in [0.29, 0.717) is 12.1 Å². The molecule has 0 aliphatic heterocycles. The van der Waals surface area contributed by atoms with Crippen molar-refractivity contribution in [1.82, 2.24) is 5.32 Å². The first-order valence-electron chi connectivity index (χ1n) is 7.50. The maximum absolute atomic E-state index is 5.46. The van der Waals surface area contributed by atoms with Gasteiger partial charge in [-0.05, 0) is 44.1 Å². The first-order chi connectivity index (χ1) is 9.11. The van der Waals surface area contributed by atoms with Crippen LogP contribution in [0.4, 0.5) is 0 Å². The molecule has 0 saturated heterocycles. The lowest BCUT2D eigenvalue weighted by atomic mass is 9.79. The van der Waals surface area contributed by atoms with Crippen LogP contribution in [0.5, 0.6) is 5.75 Å². The molecular weight excluding hydrogens is 234 g/mol. The topological polar surface area (TPSA) is 21.3 Å². The zero-order chi connectivity index (χ0) is 13.8. The highest BCUT2D eigenvalue weighted by Gasteiger charge is 2.26. The van der Waals surface area contributed by atoms with E-state index in [9.17, 15) is 0 Å². The molecule has 0 spiro atoms. The Kier molecular flexibility index (Phi) is 4.87. The molecule has 1 aromatic carbocycles. The van der Waals surface area contributed by atoms with E-state index in [0.717, 1.165) is 17.6 Å². The molecule has 3 unspecified atom stereocenters. The molecule has 0 bridgehead atoms. The number of para-hydroxylation sites is 1. The van der Waals surface area contributed by atoms with E-state index in [-0.39, 0.29) is 0 Å². The maximum atomic E-state index is 5.46. The van der Waals surface area contributed by atoms with Gasteiger partial charge in [-0.15, -0.1) is 0 Å². The van der Waals surface area contributed by atoms with Crippen molar-refractivity contribution in [2.24, 2.45) is 11.8 Å². The van der Waals surface area contributed by atoms with Crippen LogP contribution in [0, 0.1) is 11.8 Å². The zero-order valence-corrected chi connectivity index (χ0v) is 12.6. The van der Waals surface area contributed by atoms with Crippen LogP contribution in [0.15, 0.2) is 24.3 Å². The van der Waals surface area contributed by atoms with Crippen molar-refractivity contribution in [3.8, 4) is 5.75 Å². The fourth-order valence-electron chi connectivity index (χ4n) is 3.35. The standard InChI is InChI=1S/C17H27NO/c1-12-9-10-16(13(2)11-12)18-14(3)15-7-5-6-8-17(15)19-4/h5-8,12-14,16,18H,9-11H2,1-4H3/t12?,13?,14-,16?/m0/s1. The predicted octanol–water partition coefficient (Wildman–Crippen LogP) is 4.17. The summed E-state index contributed by atoms with van der Waals surface area (Å²) in [5.74, 6) is 2.63. The van der Waals surface area contributed by atoms with E-state index < -0.39 is 0 Å². The number of benzene rings is 1. The number of rotatable bonds is 4. The van der Waals surface area contributed by atoms with E-state index in [1.165, 1.54) is 24.8 Å².